The van der Waals surface area contributed by atoms with Gasteiger partial charge in [0.2, 0.25) is 5.91 Å². The maximum absolute atomic E-state index is 13.3. The number of hydrogen-bond acceptors (Lipinski definition) is 5. The van der Waals surface area contributed by atoms with Gasteiger partial charge in [0, 0.05) is 37.6 Å². The van der Waals surface area contributed by atoms with E-state index in [0.29, 0.717) is 24.2 Å². The minimum absolute atomic E-state index is 0.0425. The first-order chi connectivity index (χ1) is 14.4. The van der Waals surface area contributed by atoms with Crippen LogP contribution in [0.25, 0.3) is 10.8 Å². The fourth-order valence-electron chi connectivity index (χ4n) is 3.41. The van der Waals surface area contributed by atoms with Gasteiger partial charge < -0.3 is 14.5 Å². The van der Waals surface area contributed by atoms with Crippen LogP contribution in [0.15, 0.2) is 53.3 Å². The summed E-state index contributed by atoms with van der Waals surface area (Å²) in [6.07, 6.45) is 0.122. The van der Waals surface area contributed by atoms with Crippen molar-refractivity contribution in [3.05, 3.63) is 70.1 Å². The average Bonchev–Trinajstić information content (AvgIpc) is 2.74. The number of carbonyl (C=O) groups excluding carboxylic acids is 1. The number of aryl methyl sites for hydroxylation is 1. The van der Waals surface area contributed by atoms with Crippen LogP contribution in [0.2, 0.25) is 0 Å². The predicted molar refractivity (Wildman–Crippen MR) is 118 cm³/mol. The van der Waals surface area contributed by atoms with Crippen LogP contribution >= 0.6 is 0 Å². The van der Waals surface area contributed by atoms with Gasteiger partial charge in [0.15, 0.2) is 0 Å². The number of carbonyl (C=O) groups is 1. The number of nitrogens with zero attached hydrogens (tertiary/aromatic N) is 4. The summed E-state index contributed by atoms with van der Waals surface area (Å²) >= 11 is 0. The molecular weight excluding hydrogens is 380 g/mol. The molecule has 0 aliphatic carbocycles. The quantitative estimate of drug-likeness (QED) is 0.571. The molecule has 2 aromatic carbocycles. The number of para-hydroxylation sites is 1. The number of hydrogen-bond donors (Lipinski definition) is 0. The highest BCUT2D eigenvalue weighted by molar-refractivity contribution is 5.88. The van der Waals surface area contributed by atoms with Crippen LogP contribution in [0, 0.1) is 0 Å². The third-order valence-electron chi connectivity index (χ3n) is 5.08. The van der Waals surface area contributed by atoms with Crippen LogP contribution in [0.3, 0.4) is 0 Å². The van der Waals surface area contributed by atoms with Crippen molar-refractivity contribution in [2.75, 3.05) is 34.3 Å². The SMILES string of the molecule is COc1ccccc1CN(CCN(C)C)C(=O)Cc1nn(C)c(=O)c2ccccc12. The minimum Gasteiger partial charge on any atom is -0.496 e. The van der Waals surface area contributed by atoms with Crippen LogP contribution in [0.4, 0.5) is 0 Å². The van der Waals surface area contributed by atoms with Gasteiger partial charge in [-0.25, -0.2) is 4.68 Å². The van der Waals surface area contributed by atoms with E-state index in [4.69, 9.17) is 4.74 Å². The largest absolute Gasteiger partial charge is 0.496 e. The van der Waals surface area contributed by atoms with Gasteiger partial charge in [0.1, 0.15) is 5.75 Å². The fourth-order valence-corrected chi connectivity index (χ4v) is 3.41. The topological polar surface area (TPSA) is 67.7 Å². The van der Waals surface area contributed by atoms with Gasteiger partial charge in [-0.15, -0.1) is 0 Å². The molecule has 0 atom stereocenters. The molecule has 0 fully saturated rings. The second kappa shape index (κ2) is 9.54. The number of rotatable bonds is 8. The van der Waals surface area contributed by atoms with Gasteiger partial charge in [-0.05, 0) is 26.2 Å². The molecule has 0 spiro atoms. The molecule has 158 valence electrons. The lowest BCUT2D eigenvalue weighted by molar-refractivity contribution is -0.131. The van der Waals surface area contributed by atoms with Crippen LogP contribution in [-0.2, 0) is 24.8 Å². The number of amides is 1. The summed E-state index contributed by atoms with van der Waals surface area (Å²) in [7, 11) is 7.20. The van der Waals surface area contributed by atoms with E-state index in [2.05, 4.69) is 5.10 Å². The Morgan fingerprint density at radius 1 is 1.03 bits per heavy atom. The van der Waals surface area contributed by atoms with E-state index in [1.165, 1.54) is 4.68 Å². The summed E-state index contributed by atoms with van der Waals surface area (Å²) in [5, 5.41) is 5.67. The molecule has 7 nitrogen and oxygen atoms in total. The van der Waals surface area contributed by atoms with Crippen LogP contribution in [0.5, 0.6) is 5.75 Å². The van der Waals surface area contributed by atoms with Crippen LogP contribution < -0.4 is 10.3 Å². The van der Waals surface area contributed by atoms with Crippen molar-refractivity contribution in [3.63, 3.8) is 0 Å². The standard InChI is InChI=1S/C23H28N4O3/c1-25(2)13-14-27(16-17-9-5-8-12-21(17)30-4)22(28)15-20-18-10-6-7-11-19(18)23(29)26(3)24-20/h5-12H,13-16H2,1-4H3. The molecule has 0 aliphatic heterocycles. The predicted octanol–water partition coefficient (Wildman–Crippen LogP) is 2.07. The number of fused-ring (bicyclic) bond motifs is 1. The highest BCUT2D eigenvalue weighted by atomic mass is 16.5. The van der Waals surface area contributed by atoms with Crippen molar-refractivity contribution < 1.29 is 9.53 Å². The Bertz CT molecular complexity index is 1090. The Morgan fingerprint density at radius 2 is 1.70 bits per heavy atom. The van der Waals surface area contributed by atoms with Gasteiger partial charge in [0.05, 0.1) is 24.6 Å². The second-order valence-corrected chi connectivity index (χ2v) is 7.53. The van der Waals surface area contributed by atoms with E-state index in [-0.39, 0.29) is 17.9 Å². The van der Waals surface area contributed by atoms with Crippen molar-refractivity contribution >= 4 is 16.7 Å². The Morgan fingerprint density at radius 3 is 2.40 bits per heavy atom. The second-order valence-electron chi connectivity index (χ2n) is 7.53. The summed E-state index contributed by atoms with van der Waals surface area (Å²) in [6.45, 7) is 1.76. The Hall–Kier alpha value is -3.19. The summed E-state index contributed by atoms with van der Waals surface area (Å²) in [5.74, 6) is 0.713. The van der Waals surface area contributed by atoms with Gasteiger partial charge >= 0.3 is 0 Å². The first kappa shape index (κ1) is 21.5. The average molecular weight is 409 g/mol. The molecule has 3 rings (SSSR count). The lowest BCUT2D eigenvalue weighted by Gasteiger charge is -2.25. The molecule has 0 radical (unpaired) electrons. The lowest BCUT2D eigenvalue weighted by Crippen LogP contribution is -2.37. The molecule has 1 aromatic heterocycles. The number of ether oxygens (including phenoxy) is 1. The number of likely N-dealkylation sites (N-methyl/N-ethyl adjacent to an activating group) is 1. The molecule has 3 aromatic rings. The van der Waals surface area contributed by atoms with Crippen molar-refractivity contribution in [1.29, 1.82) is 0 Å². The maximum atomic E-state index is 13.3. The Balaban J connectivity index is 1.91. The zero-order valence-electron chi connectivity index (χ0n) is 18.0. The van der Waals surface area contributed by atoms with Crippen molar-refractivity contribution in [3.8, 4) is 5.75 Å². The van der Waals surface area contributed by atoms with Crippen molar-refractivity contribution in [1.82, 2.24) is 19.6 Å². The number of benzene rings is 2. The molecule has 7 heteroatoms. The molecule has 0 bridgehead atoms. The molecule has 0 unspecified atom stereocenters. The third-order valence-corrected chi connectivity index (χ3v) is 5.08. The smallest absolute Gasteiger partial charge is 0.274 e. The highest BCUT2D eigenvalue weighted by Gasteiger charge is 2.19. The molecule has 30 heavy (non-hydrogen) atoms. The number of aromatic nitrogens is 2. The van der Waals surface area contributed by atoms with E-state index < -0.39 is 0 Å². The molecule has 0 saturated carbocycles. The Labute approximate surface area is 176 Å². The fraction of sp³-hybridized carbons (Fsp3) is 0.348. The molecule has 1 heterocycles. The molecule has 0 saturated heterocycles. The number of methoxy groups -OCH3 is 1. The van der Waals surface area contributed by atoms with E-state index >= 15 is 0 Å². The van der Waals surface area contributed by atoms with E-state index in [0.717, 1.165) is 23.2 Å². The zero-order valence-corrected chi connectivity index (χ0v) is 18.0. The van der Waals surface area contributed by atoms with E-state index in [9.17, 15) is 9.59 Å². The van der Waals surface area contributed by atoms with E-state index in [1.54, 1.807) is 20.2 Å². The van der Waals surface area contributed by atoms with Crippen LogP contribution in [0.1, 0.15) is 11.3 Å². The van der Waals surface area contributed by atoms with Crippen molar-refractivity contribution in [2.45, 2.75) is 13.0 Å². The summed E-state index contributed by atoms with van der Waals surface area (Å²) in [6, 6.07) is 15.0. The third kappa shape index (κ3) is 4.86. The zero-order chi connectivity index (χ0) is 21.7. The first-order valence-corrected chi connectivity index (χ1v) is 9.90. The van der Waals surface area contributed by atoms with Gasteiger partial charge in [-0.2, -0.15) is 5.10 Å². The van der Waals surface area contributed by atoms with Gasteiger partial charge in [0.25, 0.3) is 5.56 Å². The van der Waals surface area contributed by atoms with Crippen molar-refractivity contribution in [2.24, 2.45) is 7.05 Å². The molecule has 0 N–H and O–H groups in total. The van der Waals surface area contributed by atoms with Gasteiger partial charge in [-0.1, -0.05) is 36.4 Å². The maximum Gasteiger partial charge on any atom is 0.274 e. The summed E-state index contributed by atoms with van der Waals surface area (Å²) in [4.78, 5) is 29.5. The minimum atomic E-state index is -0.166. The first-order valence-electron chi connectivity index (χ1n) is 9.90. The van der Waals surface area contributed by atoms with Crippen LogP contribution in [-0.4, -0.2) is 59.8 Å². The Kier molecular flexibility index (Phi) is 6.84. The van der Waals surface area contributed by atoms with Gasteiger partial charge in [-0.3, -0.25) is 9.59 Å². The highest BCUT2D eigenvalue weighted by Crippen LogP contribution is 2.20. The lowest BCUT2D eigenvalue weighted by atomic mass is 10.1. The normalized spacial score (nSPS) is 11.1. The molecule has 1 amide bonds. The molecular formula is C23H28N4O3. The van der Waals surface area contributed by atoms with E-state index in [1.807, 2.05) is 66.4 Å². The monoisotopic (exact) mass is 408 g/mol. The molecule has 0 aliphatic rings. The summed E-state index contributed by atoms with van der Waals surface area (Å²) in [5.41, 5.74) is 1.39. The summed E-state index contributed by atoms with van der Waals surface area (Å²) < 4.78 is 6.76.